The topological polar surface area (TPSA) is 93.7 Å². The number of carbonyl (C=O) groups is 3. The minimum Gasteiger partial charge on any atom is -0.467 e. The Hall–Kier alpha value is -2.09. The number of hydrogen-bond donors (Lipinski definition) is 2. The highest BCUT2D eigenvalue weighted by atomic mass is 79.9. The van der Waals surface area contributed by atoms with E-state index < -0.39 is 35.7 Å². The molecule has 8 heteroatoms. The van der Waals surface area contributed by atoms with Crippen LogP contribution in [0.2, 0.25) is 0 Å². The number of rotatable bonds is 7. The number of carbonyl (C=O) groups excluding carboxylic acids is 3. The molecule has 0 heterocycles. The number of alkyl carbamates (subject to hydrolysis) is 1. The third-order valence-electron chi connectivity index (χ3n) is 3.75. The number of benzene rings is 1. The molecule has 0 aliphatic carbocycles. The SMILES string of the molecule is COC(=O)[C@@H](Cc1cccc(Br)c1)NC(=O)[C@@H](NC(=O)OC(C)(C)C)C(C)C. The van der Waals surface area contributed by atoms with Gasteiger partial charge in [-0.05, 0) is 44.4 Å². The Morgan fingerprint density at radius 2 is 1.79 bits per heavy atom. The molecule has 2 amide bonds. The lowest BCUT2D eigenvalue weighted by Crippen LogP contribution is -2.55. The van der Waals surface area contributed by atoms with Crippen molar-refractivity contribution in [2.75, 3.05) is 7.11 Å². The first-order valence-electron chi connectivity index (χ1n) is 9.05. The monoisotopic (exact) mass is 456 g/mol. The normalized spacial score (nSPS) is 13.4. The molecule has 156 valence electrons. The lowest BCUT2D eigenvalue weighted by molar-refractivity contribution is -0.145. The summed E-state index contributed by atoms with van der Waals surface area (Å²) in [4.78, 5) is 37.0. The van der Waals surface area contributed by atoms with Gasteiger partial charge in [0.1, 0.15) is 17.7 Å². The van der Waals surface area contributed by atoms with E-state index in [-0.39, 0.29) is 12.3 Å². The van der Waals surface area contributed by atoms with Crippen LogP contribution >= 0.6 is 15.9 Å². The molecule has 0 aromatic heterocycles. The summed E-state index contributed by atoms with van der Waals surface area (Å²) in [6, 6.07) is 5.69. The van der Waals surface area contributed by atoms with Gasteiger partial charge in [0.15, 0.2) is 0 Å². The predicted octanol–water partition coefficient (Wildman–Crippen LogP) is 3.20. The second-order valence-electron chi connectivity index (χ2n) is 7.79. The zero-order valence-corrected chi connectivity index (χ0v) is 18.8. The Labute approximate surface area is 174 Å². The number of esters is 1. The maximum absolute atomic E-state index is 12.8. The molecule has 0 saturated carbocycles. The van der Waals surface area contributed by atoms with Gasteiger partial charge >= 0.3 is 12.1 Å². The molecule has 0 saturated heterocycles. The second kappa shape index (κ2) is 10.5. The fraction of sp³-hybridized carbons (Fsp3) is 0.550. The highest BCUT2D eigenvalue weighted by Crippen LogP contribution is 2.14. The summed E-state index contributed by atoms with van der Waals surface area (Å²) in [5, 5.41) is 5.26. The molecule has 0 fully saturated rings. The van der Waals surface area contributed by atoms with Crippen molar-refractivity contribution in [1.29, 1.82) is 0 Å². The minimum absolute atomic E-state index is 0.211. The maximum atomic E-state index is 12.8. The molecular formula is C20H29BrN2O5. The zero-order chi connectivity index (χ0) is 21.5. The molecule has 1 aromatic rings. The fourth-order valence-corrected chi connectivity index (χ4v) is 2.91. The van der Waals surface area contributed by atoms with Crippen LogP contribution < -0.4 is 10.6 Å². The average molecular weight is 457 g/mol. The highest BCUT2D eigenvalue weighted by Gasteiger charge is 2.30. The maximum Gasteiger partial charge on any atom is 0.408 e. The van der Waals surface area contributed by atoms with E-state index in [4.69, 9.17) is 9.47 Å². The molecule has 28 heavy (non-hydrogen) atoms. The van der Waals surface area contributed by atoms with Crippen molar-refractivity contribution in [2.24, 2.45) is 5.92 Å². The third-order valence-corrected chi connectivity index (χ3v) is 4.25. The lowest BCUT2D eigenvalue weighted by Gasteiger charge is -2.26. The van der Waals surface area contributed by atoms with Gasteiger partial charge in [0.2, 0.25) is 5.91 Å². The van der Waals surface area contributed by atoms with E-state index >= 15 is 0 Å². The molecule has 0 aliphatic rings. The van der Waals surface area contributed by atoms with Crippen molar-refractivity contribution in [2.45, 2.75) is 58.7 Å². The number of ether oxygens (including phenoxy) is 2. The summed E-state index contributed by atoms with van der Waals surface area (Å²) < 4.78 is 10.9. The van der Waals surface area contributed by atoms with Crippen LogP contribution in [0.3, 0.4) is 0 Å². The quantitative estimate of drug-likeness (QED) is 0.614. The smallest absolute Gasteiger partial charge is 0.408 e. The van der Waals surface area contributed by atoms with E-state index in [2.05, 4.69) is 26.6 Å². The first kappa shape index (κ1) is 23.9. The molecule has 0 spiro atoms. The van der Waals surface area contributed by atoms with Crippen LogP contribution in [0.4, 0.5) is 4.79 Å². The molecule has 0 unspecified atom stereocenters. The Balaban J connectivity index is 2.90. The van der Waals surface area contributed by atoms with Gasteiger partial charge in [0.05, 0.1) is 7.11 Å². The molecule has 7 nitrogen and oxygen atoms in total. The molecule has 0 bridgehead atoms. The molecule has 0 aliphatic heterocycles. The van der Waals surface area contributed by atoms with E-state index in [1.165, 1.54) is 7.11 Å². The Bertz CT molecular complexity index is 700. The molecule has 2 atom stereocenters. The summed E-state index contributed by atoms with van der Waals surface area (Å²) in [5.74, 6) is -1.25. The van der Waals surface area contributed by atoms with Crippen LogP contribution in [-0.2, 0) is 25.5 Å². The standard InChI is InChI=1S/C20H29BrN2O5/c1-12(2)16(23-19(26)28-20(3,4)5)17(24)22-15(18(25)27-6)11-13-8-7-9-14(21)10-13/h7-10,12,15-16H,11H2,1-6H3,(H,22,24)(H,23,26)/t15-,16+/m1/s1. The number of methoxy groups -OCH3 is 1. The highest BCUT2D eigenvalue weighted by molar-refractivity contribution is 9.10. The summed E-state index contributed by atoms with van der Waals surface area (Å²) in [6.45, 7) is 8.80. The molecule has 0 radical (unpaired) electrons. The minimum atomic E-state index is -0.881. The first-order valence-corrected chi connectivity index (χ1v) is 9.84. The van der Waals surface area contributed by atoms with Crippen LogP contribution in [0, 0.1) is 5.92 Å². The fourth-order valence-electron chi connectivity index (χ4n) is 2.47. The van der Waals surface area contributed by atoms with Crippen molar-refractivity contribution >= 4 is 33.9 Å². The van der Waals surface area contributed by atoms with Crippen LogP contribution in [-0.4, -0.2) is 42.8 Å². The Morgan fingerprint density at radius 1 is 1.14 bits per heavy atom. The summed E-state index contributed by atoms with van der Waals surface area (Å²) in [7, 11) is 1.27. The molecule has 2 N–H and O–H groups in total. The van der Waals surface area contributed by atoms with Crippen LogP contribution in [0.5, 0.6) is 0 Å². The number of halogens is 1. The van der Waals surface area contributed by atoms with E-state index in [1.54, 1.807) is 34.6 Å². The van der Waals surface area contributed by atoms with Gasteiger partial charge in [-0.15, -0.1) is 0 Å². The lowest BCUT2D eigenvalue weighted by atomic mass is 10.0. The van der Waals surface area contributed by atoms with Gasteiger partial charge in [-0.3, -0.25) is 4.79 Å². The van der Waals surface area contributed by atoms with Crippen molar-refractivity contribution in [3.05, 3.63) is 34.3 Å². The molecule has 1 rings (SSSR count). The Morgan fingerprint density at radius 3 is 2.29 bits per heavy atom. The van der Waals surface area contributed by atoms with Gasteiger partial charge in [-0.2, -0.15) is 0 Å². The average Bonchev–Trinajstić information content (AvgIpc) is 2.56. The zero-order valence-electron chi connectivity index (χ0n) is 17.2. The van der Waals surface area contributed by atoms with Gasteiger partial charge < -0.3 is 20.1 Å². The van der Waals surface area contributed by atoms with Gasteiger partial charge in [-0.25, -0.2) is 9.59 Å². The summed E-state index contributed by atoms with van der Waals surface area (Å²) >= 11 is 3.39. The molecular weight excluding hydrogens is 428 g/mol. The molecule has 1 aromatic carbocycles. The van der Waals surface area contributed by atoms with Crippen molar-refractivity contribution in [3.63, 3.8) is 0 Å². The van der Waals surface area contributed by atoms with Crippen molar-refractivity contribution < 1.29 is 23.9 Å². The van der Waals surface area contributed by atoms with E-state index in [1.807, 2.05) is 24.3 Å². The number of nitrogens with one attached hydrogen (secondary N) is 2. The first-order chi connectivity index (χ1) is 12.9. The largest absolute Gasteiger partial charge is 0.467 e. The van der Waals surface area contributed by atoms with Crippen LogP contribution in [0.25, 0.3) is 0 Å². The van der Waals surface area contributed by atoms with Crippen molar-refractivity contribution in [1.82, 2.24) is 10.6 Å². The van der Waals surface area contributed by atoms with E-state index in [9.17, 15) is 14.4 Å². The van der Waals surface area contributed by atoms with Gasteiger partial charge in [0.25, 0.3) is 0 Å². The number of hydrogen-bond acceptors (Lipinski definition) is 5. The van der Waals surface area contributed by atoms with Crippen LogP contribution in [0.1, 0.15) is 40.2 Å². The van der Waals surface area contributed by atoms with Gasteiger partial charge in [-0.1, -0.05) is 41.9 Å². The Kier molecular flexibility index (Phi) is 8.94. The third kappa shape index (κ3) is 8.29. The van der Waals surface area contributed by atoms with E-state index in [0.717, 1.165) is 10.0 Å². The van der Waals surface area contributed by atoms with Crippen LogP contribution in [0.15, 0.2) is 28.7 Å². The predicted molar refractivity (Wildman–Crippen MR) is 110 cm³/mol. The number of amides is 2. The summed E-state index contributed by atoms with van der Waals surface area (Å²) in [6.07, 6.45) is -0.433. The summed E-state index contributed by atoms with van der Waals surface area (Å²) in [5.41, 5.74) is 0.170. The van der Waals surface area contributed by atoms with Crippen molar-refractivity contribution in [3.8, 4) is 0 Å². The second-order valence-corrected chi connectivity index (χ2v) is 8.70. The van der Waals surface area contributed by atoms with E-state index in [0.29, 0.717) is 0 Å². The van der Waals surface area contributed by atoms with Gasteiger partial charge in [0, 0.05) is 10.9 Å².